The Kier molecular flexibility index (Phi) is 6.39. The smallest absolute Gasteiger partial charge is 0.339 e. The van der Waals surface area contributed by atoms with Crippen molar-refractivity contribution in [2.24, 2.45) is 0 Å². The number of carbonyl (C=O) groups is 3. The van der Waals surface area contributed by atoms with Gasteiger partial charge in [0.05, 0.1) is 30.5 Å². The van der Waals surface area contributed by atoms with Crippen molar-refractivity contribution in [3.8, 4) is 5.75 Å². The molecule has 2 aromatic rings. The molecule has 0 bridgehead atoms. The molecule has 27 heavy (non-hydrogen) atoms. The monoisotopic (exact) mass is 373 g/mol. The zero-order valence-corrected chi connectivity index (χ0v) is 16.0. The van der Waals surface area contributed by atoms with Gasteiger partial charge in [-0.1, -0.05) is 0 Å². The number of benzene rings is 1. The summed E-state index contributed by atoms with van der Waals surface area (Å²) in [7, 11) is 1.27. The van der Waals surface area contributed by atoms with Crippen molar-refractivity contribution in [1.82, 2.24) is 4.98 Å². The summed E-state index contributed by atoms with van der Waals surface area (Å²) in [6, 6.07) is 6.47. The van der Waals surface area contributed by atoms with E-state index in [1.165, 1.54) is 14.0 Å². The third kappa shape index (κ3) is 4.36. The van der Waals surface area contributed by atoms with Gasteiger partial charge in [0, 0.05) is 5.69 Å². The Morgan fingerprint density at radius 3 is 2.26 bits per heavy atom. The predicted octanol–water partition coefficient (Wildman–Crippen LogP) is 3.25. The molecule has 0 unspecified atom stereocenters. The lowest BCUT2D eigenvalue weighted by Crippen LogP contribution is -2.25. The van der Waals surface area contributed by atoms with Crippen LogP contribution in [0.4, 0.5) is 0 Å². The predicted molar refractivity (Wildman–Crippen MR) is 98.4 cm³/mol. The van der Waals surface area contributed by atoms with Gasteiger partial charge in [0.15, 0.2) is 6.10 Å². The molecule has 1 N–H and O–H groups in total. The van der Waals surface area contributed by atoms with Crippen LogP contribution in [0.5, 0.6) is 5.75 Å². The largest absolute Gasteiger partial charge is 0.494 e. The van der Waals surface area contributed by atoms with E-state index in [4.69, 9.17) is 14.2 Å². The van der Waals surface area contributed by atoms with Gasteiger partial charge >= 0.3 is 11.9 Å². The maximum absolute atomic E-state index is 12.7. The van der Waals surface area contributed by atoms with E-state index in [0.29, 0.717) is 34.7 Å². The number of Topliss-reactive ketones (excluding diaryl/α,β-unsaturated/α-hetero) is 1. The first-order valence-corrected chi connectivity index (χ1v) is 8.55. The maximum Gasteiger partial charge on any atom is 0.339 e. The Labute approximate surface area is 157 Å². The van der Waals surface area contributed by atoms with Crippen LogP contribution < -0.4 is 4.74 Å². The number of aromatic nitrogens is 1. The lowest BCUT2D eigenvalue weighted by molar-refractivity contribution is 0.0316. The van der Waals surface area contributed by atoms with E-state index in [1.807, 2.05) is 6.92 Å². The van der Waals surface area contributed by atoms with Gasteiger partial charge in [0.25, 0.3) is 0 Å². The van der Waals surface area contributed by atoms with E-state index >= 15 is 0 Å². The molecule has 0 aliphatic heterocycles. The first-order chi connectivity index (χ1) is 12.8. The number of ketones is 1. The molecule has 0 spiro atoms. The normalized spacial score (nSPS) is 11.6. The molecular formula is C20H23NO6. The molecule has 1 heterocycles. The number of rotatable bonds is 7. The molecule has 0 fully saturated rings. The van der Waals surface area contributed by atoms with Crippen molar-refractivity contribution in [2.45, 2.75) is 33.8 Å². The molecule has 7 heteroatoms. The lowest BCUT2D eigenvalue weighted by atomic mass is 10.1. The van der Waals surface area contributed by atoms with E-state index < -0.39 is 23.8 Å². The summed E-state index contributed by atoms with van der Waals surface area (Å²) >= 11 is 0. The Morgan fingerprint density at radius 1 is 1.07 bits per heavy atom. The molecule has 0 saturated heterocycles. The molecule has 0 radical (unpaired) electrons. The standard InChI is InChI=1S/C20H23NO6/c1-6-26-15-9-7-14(8-10-15)19(23)27-13(4)18(22)17-11(2)16(12(3)21-17)20(24)25-5/h7-10,13,21H,6H2,1-5H3/t13-/m1/s1. The van der Waals surface area contributed by atoms with Gasteiger partial charge < -0.3 is 19.2 Å². The quantitative estimate of drug-likeness (QED) is 0.591. The summed E-state index contributed by atoms with van der Waals surface area (Å²) in [5.74, 6) is -0.927. The van der Waals surface area contributed by atoms with Crippen LogP contribution in [0.1, 0.15) is 56.3 Å². The third-order valence-corrected chi connectivity index (χ3v) is 4.13. The van der Waals surface area contributed by atoms with E-state index in [9.17, 15) is 14.4 Å². The number of aromatic amines is 1. The minimum absolute atomic E-state index is 0.222. The first kappa shape index (κ1) is 20.2. The summed E-state index contributed by atoms with van der Waals surface area (Å²) in [4.78, 5) is 39.7. The third-order valence-electron chi connectivity index (χ3n) is 4.13. The van der Waals surface area contributed by atoms with Crippen molar-refractivity contribution < 1.29 is 28.6 Å². The molecule has 7 nitrogen and oxygen atoms in total. The second kappa shape index (κ2) is 8.53. The fourth-order valence-corrected chi connectivity index (χ4v) is 2.74. The fourth-order valence-electron chi connectivity index (χ4n) is 2.74. The lowest BCUT2D eigenvalue weighted by Gasteiger charge is -2.12. The highest BCUT2D eigenvalue weighted by Crippen LogP contribution is 2.21. The van der Waals surface area contributed by atoms with Gasteiger partial charge in [-0.05, 0) is 57.5 Å². The summed E-state index contributed by atoms with van der Waals surface area (Å²) in [5, 5.41) is 0. The van der Waals surface area contributed by atoms with Crippen LogP contribution >= 0.6 is 0 Å². The number of esters is 2. The Hall–Kier alpha value is -3.09. The van der Waals surface area contributed by atoms with Gasteiger partial charge in [0.1, 0.15) is 5.75 Å². The molecule has 0 saturated carbocycles. The number of ether oxygens (including phenoxy) is 3. The van der Waals surface area contributed by atoms with Crippen molar-refractivity contribution >= 4 is 17.7 Å². The van der Waals surface area contributed by atoms with E-state index in [1.54, 1.807) is 38.1 Å². The van der Waals surface area contributed by atoms with E-state index in [-0.39, 0.29) is 5.69 Å². The van der Waals surface area contributed by atoms with E-state index in [2.05, 4.69) is 4.98 Å². The number of carbonyl (C=O) groups excluding carboxylic acids is 3. The van der Waals surface area contributed by atoms with Crippen molar-refractivity contribution in [1.29, 1.82) is 0 Å². The Morgan fingerprint density at radius 2 is 1.70 bits per heavy atom. The second-order valence-corrected chi connectivity index (χ2v) is 5.99. The maximum atomic E-state index is 12.7. The second-order valence-electron chi connectivity index (χ2n) is 5.99. The molecule has 1 atom stereocenters. The number of hydrogen-bond acceptors (Lipinski definition) is 6. The summed E-state index contributed by atoms with van der Waals surface area (Å²) < 4.78 is 15.3. The summed E-state index contributed by atoms with van der Waals surface area (Å²) in [6.45, 7) is 7.20. The molecule has 0 aliphatic carbocycles. The molecular weight excluding hydrogens is 350 g/mol. The highest BCUT2D eigenvalue weighted by Gasteiger charge is 2.27. The molecule has 144 valence electrons. The van der Waals surface area contributed by atoms with Crippen molar-refractivity contribution in [3.05, 3.63) is 52.3 Å². The van der Waals surface area contributed by atoms with Gasteiger partial charge in [-0.3, -0.25) is 4.79 Å². The molecule has 1 aromatic heterocycles. The zero-order valence-electron chi connectivity index (χ0n) is 16.0. The van der Waals surface area contributed by atoms with Crippen molar-refractivity contribution in [3.63, 3.8) is 0 Å². The van der Waals surface area contributed by atoms with Crippen LogP contribution in [-0.4, -0.2) is 42.5 Å². The highest BCUT2D eigenvalue weighted by molar-refractivity contribution is 6.04. The minimum Gasteiger partial charge on any atom is -0.494 e. The average Bonchev–Trinajstić information content (AvgIpc) is 2.95. The Bertz CT molecular complexity index is 850. The number of hydrogen-bond donors (Lipinski definition) is 1. The van der Waals surface area contributed by atoms with Crippen LogP contribution in [0.15, 0.2) is 24.3 Å². The molecule has 0 aliphatic rings. The summed E-state index contributed by atoms with van der Waals surface area (Å²) in [6.07, 6.45) is -1.02. The number of methoxy groups -OCH3 is 1. The van der Waals surface area contributed by atoms with Crippen LogP contribution in [0.3, 0.4) is 0 Å². The summed E-state index contributed by atoms with van der Waals surface area (Å²) in [5.41, 5.74) is 1.83. The van der Waals surface area contributed by atoms with Gasteiger partial charge in [-0.25, -0.2) is 9.59 Å². The molecule has 1 aromatic carbocycles. The van der Waals surface area contributed by atoms with Crippen LogP contribution in [0, 0.1) is 13.8 Å². The first-order valence-electron chi connectivity index (χ1n) is 8.55. The van der Waals surface area contributed by atoms with Crippen LogP contribution in [0.25, 0.3) is 0 Å². The van der Waals surface area contributed by atoms with E-state index in [0.717, 1.165) is 0 Å². The fraction of sp³-hybridized carbons (Fsp3) is 0.350. The number of nitrogens with one attached hydrogen (secondary N) is 1. The van der Waals surface area contributed by atoms with Crippen LogP contribution in [0.2, 0.25) is 0 Å². The molecule has 2 rings (SSSR count). The average molecular weight is 373 g/mol. The zero-order chi connectivity index (χ0) is 20.1. The molecule has 0 amide bonds. The number of H-pyrrole nitrogens is 1. The topological polar surface area (TPSA) is 94.7 Å². The Balaban J connectivity index is 2.13. The number of aryl methyl sites for hydroxylation is 1. The van der Waals surface area contributed by atoms with Crippen molar-refractivity contribution in [2.75, 3.05) is 13.7 Å². The minimum atomic E-state index is -1.02. The van der Waals surface area contributed by atoms with Gasteiger partial charge in [0.2, 0.25) is 5.78 Å². The van der Waals surface area contributed by atoms with Crippen LogP contribution in [-0.2, 0) is 9.47 Å². The highest BCUT2D eigenvalue weighted by atomic mass is 16.5. The van der Waals surface area contributed by atoms with Gasteiger partial charge in [-0.2, -0.15) is 0 Å². The SMILES string of the molecule is CCOc1ccc(C(=O)O[C@H](C)C(=O)c2[nH]c(C)c(C(=O)OC)c2C)cc1. The van der Waals surface area contributed by atoms with Gasteiger partial charge in [-0.15, -0.1) is 0 Å².